The molecular formula is C98H62N2S4. The van der Waals surface area contributed by atoms with Crippen molar-refractivity contribution in [1.29, 1.82) is 0 Å². The fourth-order valence-corrected chi connectivity index (χ4v) is 23.9. The Balaban J connectivity index is 0.685. The van der Waals surface area contributed by atoms with Crippen LogP contribution in [0.3, 0.4) is 0 Å². The first kappa shape index (κ1) is 59.8. The van der Waals surface area contributed by atoms with Crippen LogP contribution < -0.4 is 0 Å². The Kier molecular flexibility index (Phi) is 13.4. The largest absolute Gasteiger partial charge is 0.308 e. The highest BCUT2D eigenvalue weighted by atomic mass is 32.2. The fraction of sp³-hybridized carbons (Fsp3) is 0.0204. The van der Waals surface area contributed by atoms with Gasteiger partial charge in [-0.3, -0.25) is 0 Å². The van der Waals surface area contributed by atoms with Crippen molar-refractivity contribution < 1.29 is 0 Å². The highest BCUT2D eigenvalue weighted by molar-refractivity contribution is 8.17. The zero-order valence-corrected chi connectivity index (χ0v) is 60.2. The summed E-state index contributed by atoms with van der Waals surface area (Å²) < 4.78 is 12.9. The molecule has 488 valence electrons. The van der Waals surface area contributed by atoms with Crippen LogP contribution in [-0.2, 0) is 0 Å². The zero-order chi connectivity index (χ0) is 68.4. The van der Waals surface area contributed by atoms with E-state index in [1.807, 2.05) is 34.0 Å². The quantitative estimate of drug-likeness (QED) is 0.138. The van der Waals surface area contributed by atoms with Crippen LogP contribution in [0.25, 0.3) is 193 Å². The first-order chi connectivity index (χ1) is 51.4. The molecule has 0 spiro atoms. The summed E-state index contributed by atoms with van der Waals surface area (Å²) in [5, 5.41) is 12.8. The minimum absolute atomic E-state index is 0.907. The van der Waals surface area contributed by atoms with Gasteiger partial charge < -0.3 is 9.13 Å². The Labute approximate surface area is 615 Å². The summed E-state index contributed by atoms with van der Waals surface area (Å²) in [6, 6.07) is 126. The van der Waals surface area contributed by atoms with Crippen LogP contribution in [0.4, 0.5) is 0 Å². The molecule has 0 saturated carbocycles. The van der Waals surface area contributed by atoms with E-state index in [1.165, 1.54) is 219 Å². The van der Waals surface area contributed by atoms with E-state index >= 15 is 0 Å². The molecule has 0 aliphatic carbocycles. The van der Waals surface area contributed by atoms with Crippen molar-refractivity contribution in [3.05, 3.63) is 345 Å². The topological polar surface area (TPSA) is 9.86 Å². The van der Waals surface area contributed by atoms with Crippen molar-refractivity contribution in [2.45, 2.75) is 28.5 Å². The minimum Gasteiger partial charge on any atom is -0.308 e. The van der Waals surface area contributed by atoms with E-state index in [4.69, 9.17) is 0 Å². The van der Waals surface area contributed by atoms with E-state index in [0.717, 1.165) is 0 Å². The van der Waals surface area contributed by atoms with Gasteiger partial charge in [-0.2, -0.15) is 10.9 Å². The third-order valence-electron chi connectivity index (χ3n) is 22.0. The number of fused-ring (bicyclic) bond motifs is 18. The van der Waals surface area contributed by atoms with Crippen LogP contribution in [-0.4, -0.2) is 9.13 Å². The molecule has 1 aliphatic heterocycles. The van der Waals surface area contributed by atoms with E-state index < -0.39 is 10.9 Å². The van der Waals surface area contributed by atoms with Gasteiger partial charge in [0.2, 0.25) is 0 Å². The zero-order valence-electron chi connectivity index (χ0n) is 56.8. The Bertz CT molecular complexity index is 7110. The molecule has 6 heterocycles. The van der Waals surface area contributed by atoms with Gasteiger partial charge in [-0.05, 0) is 176 Å². The van der Waals surface area contributed by atoms with Gasteiger partial charge in [-0.15, -0.1) is 34.0 Å². The average Bonchev–Trinajstić information content (AvgIpc) is 1.55. The van der Waals surface area contributed by atoms with Crippen molar-refractivity contribution in [2.75, 3.05) is 0 Å². The number of hydrogen-bond acceptors (Lipinski definition) is 3. The van der Waals surface area contributed by atoms with Crippen molar-refractivity contribution >= 4 is 149 Å². The van der Waals surface area contributed by atoms with E-state index in [2.05, 4.69) is 357 Å². The minimum atomic E-state index is -0.907. The average molecular weight is 1400 g/mol. The number of thiol groups is 1. The monoisotopic (exact) mass is 1390 g/mol. The van der Waals surface area contributed by atoms with Crippen LogP contribution in [0, 0.1) is 13.8 Å². The Hall–Kier alpha value is -11.9. The molecule has 0 radical (unpaired) electrons. The molecule has 0 bridgehead atoms. The Morgan fingerprint density at radius 3 is 1.26 bits per heavy atom. The molecule has 16 aromatic carbocycles. The van der Waals surface area contributed by atoms with Crippen LogP contribution in [0.2, 0.25) is 0 Å². The number of aromatic nitrogens is 2. The molecule has 1 unspecified atom stereocenters. The summed E-state index contributed by atoms with van der Waals surface area (Å²) in [5.74, 6) is 0. The Morgan fingerprint density at radius 1 is 0.240 bits per heavy atom. The molecular weight excluding hydrogens is 1330 g/mol. The number of rotatable bonds is 9. The normalized spacial score (nSPS) is 13.3. The van der Waals surface area contributed by atoms with Crippen molar-refractivity contribution in [1.82, 2.24) is 9.13 Å². The standard InChI is InChI=1S/C98H62N2S4/c1-58-38-50-82-78(54-58)79-55-59(2)39-51-83(79)99(82)86-33-17-31-76-92-71(48-46-67(97(92)102-95(76)86)62-22-8-4-9-23-62)70-28-19-37-90-91(70)75-27-13-15-36-89(75)104(90)66-44-40-61(41-45-66)65-43-53-85-81(57-65)80-56-64(60-20-6-3-7-21-60)42-52-84(80)100(85)87-34-18-32-77-93-72(49-47-68(98(93)103-96(77)87)63-24-10-5-11-25-63)74-30-16-29-73-69-26-12-14-35-88(69)101-94(73)74/h3-57,104H,1-2H3. The third-order valence-corrected chi connectivity index (χ3v) is 28.3. The van der Waals surface area contributed by atoms with Crippen LogP contribution in [0.15, 0.2) is 348 Å². The molecule has 0 N–H and O–H groups in total. The molecule has 0 amide bonds. The third kappa shape index (κ3) is 9.00. The second-order valence-electron chi connectivity index (χ2n) is 27.9. The van der Waals surface area contributed by atoms with E-state index in [1.54, 1.807) is 0 Å². The molecule has 22 rings (SSSR count). The molecule has 21 aromatic rings. The maximum absolute atomic E-state index is 2.56. The highest BCUT2D eigenvalue weighted by Gasteiger charge is 2.32. The molecule has 1 aliphatic rings. The van der Waals surface area contributed by atoms with Gasteiger partial charge in [0.1, 0.15) is 0 Å². The smallest absolute Gasteiger partial charge is 0.0640 e. The first-order valence-electron chi connectivity index (χ1n) is 35.7. The molecule has 104 heavy (non-hydrogen) atoms. The van der Waals surface area contributed by atoms with E-state index in [0.29, 0.717) is 0 Å². The van der Waals surface area contributed by atoms with Gasteiger partial charge in [0.25, 0.3) is 0 Å². The molecule has 2 nitrogen and oxygen atoms in total. The first-order valence-corrected chi connectivity index (χ1v) is 39.5. The van der Waals surface area contributed by atoms with Gasteiger partial charge in [-0.25, -0.2) is 0 Å². The number of thiophene rings is 3. The van der Waals surface area contributed by atoms with Gasteiger partial charge >= 0.3 is 0 Å². The number of nitrogens with zero attached hydrogens (tertiary/aromatic N) is 2. The predicted octanol–water partition coefficient (Wildman–Crippen LogP) is 29.1. The van der Waals surface area contributed by atoms with Crippen molar-refractivity contribution in [3.63, 3.8) is 0 Å². The lowest BCUT2D eigenvalue weighted by Gasteiger charge is -2.20. The van der Waals surface area contributed by atoms with Crippen LogP contribution >= 0.6 is 44.9 Å². The van der Waals surface area contributed by atoms with Crippen LogP contribution in [0.5, 0.6) is 0 Å². The van der Waals surface area contributed by atoms with Crippen LogP contribution in [0.1, 0.15) is 11.1 Å². The maximum atomic E-state index is 2.56. The summed E-state index contributed by atoms with van der Waals surface area (Å²) >= 11 is 5.78. The summed E-state index contributed by atoms with van der Waals surface area (Å²) in [5.41, 5.74) is 27.3. The van der Waals surface area contributed by atoms with Crippen molar-refractivity contribution in [3.8, 4) is 89.3 Å². The van der Waals surface area contributed by atoms with Gasteiger partial charge in [0.15, 0.2) is 0 Å². The van der Waals surface area contributed by atoms with Gasteiger partial charge in [-0.1, -0.05) is 254 Å². The fourth-order valence-electron chi connectivity index (χ4n) is 17.3. The predicted molar refractivity (Wildman–Crippen MR) is 452 cm³/mol. The lowest BCUT2D eigenvalue weighted by Crippen LogP contribution is -1.94. The van der Waals surface area contributed by atoms with Crippen molar-refractivity contribution in [2.24, 2.45) is 0 Å². The summed E-state index contributed by atoms with van der Waals surface area (Å²) in [7, 11) is -0.907. The lowest BCUT2D eigenvalue weighted by molar-refractivity contribution is 1.20. The lowest BCUT2D eigenvalue weighted by atomic mass is 9.90. The van der Waals surface area contributed by atoms with E-state index in [9.17, 15) is 0 Å². The summed E-state index contributed by atoms with van der Waals surface area (Å²) in [6.45, 7) is 4.41. The second kappa shape index (κ2) is 23.3. The molecule has 5 aromatic heterocycles. The molecule has 6 heteroatoms. The number of benzene rings is 16. The SMILES string of the molecule is Cc1ccc2c(c1)c1cc(C)ccc1n2-c1cccc2c1sc1c(-c3ccccc3)ccc(-c3cccc4c3-c3ccccc3[SH]4c3ccc(-c4ccc5c(c4)c4cc(-c6ccccc6)ccc4n5-c4cccc5c4sc4c(-c6ccccc6)ccc(-c6cccc7c6sc6ccccc67)c45)cc3)c12. The summed E-state index contributed by atoms with van der Waals surface area (Å²) in [4.78, 5) is 4.16. The number of aryl methyl sites for hydroxylation is 2. The maximum Gasteiger partial charge on any atom is 0.0640 e. The van der Waals surface area contributed by atoms with E-state index in [-0.39, 0.29) is 0 Å². The molecule has 1 atom stereocenters. The Morgan fingerprint density at radius 2 is 0.663 bits per heavy atom. The summed E-state index contributed by atoms with van der Waals surface area (Å²) in [6.07, 6.45) is 0. The molecule has 0 saturated heterocycles. The van der Waals surface area contributed by atoms with Gasteiger partial charge in [0, 0.05) is 93.6 Å². The second-order valence-corrected chi connectivity index (χ2v) is 33.1. The number of hydrogen-bond donors (Lipinski definition) is 1. The van der Waals surface area contributed by atoms with Gasteiger partial charge in [0.05, 0.1) is 42.8 Å². The molecule has 0 fully saturated rings. The highest BCUT2D eigenvalue weighted by Crippen LogP contribution is 2.65.